The third-order valence-corrected chi connectivity index (χ3v) is 4.96. The molecule has 1 fully saturated rings. The Hall–Kier alpha value is -0.490. The number of rotatable bonds is 4. The highest BCUT2D eigenvalue weighted by Crippen LogP contribution is 2.47. The van der Waals surface area contributed by atoms with Crippen LogP contribution in [0, 0.1) is 0 Å². The zero-order chi connectivity index (χ0) is 14.3. The number of hydrogen-bond acceptors (Lipinski definition) is 5. The maximum atomic E-state index is 6.24. The summed E-state index contributed by atoms with van der Waals surface area (Å²) < 4.78 is 6.24. The van der Waals surface area contributed by atoms with Crippen molar-refractivity contribution in [2.24, 2.45) is 5.73 Å². The van der Waals surface area contributed by atoms with Gasteiger partial charge in [-0.1, -0.05) is 0 Å². The van der Waals surface area contributed by atoms with E-state index < -0.39 is 0 Å². The summed E-state index contributed by atoms with van der Waals surface area (Å²) in [6, 6.07) is 0. The molecular formula is C14H25N3OS. The number of ether oxygens (including phenoxy) is 1. The molecule has 2 heterocycles. The quantitative estimate of drug-likeness (QED) is 0.921. The summed E-state index contributed by atoms with van der Waals surface area (Å²) in [5.41, 5.74) is 8.57. The molecular weight excluding hydrogens is 258 g/mol. The molecule has 0 aliphatic carbocycles. The maximum Gasteiger partial charge on any atom is 0.0830 e. The summed E-state index contributed by atoms with van der Waals surface area (Å²) in [5, 5.41) is 2.09. The molecule has 0 aromatic carbocycles. The predicted molar refractivity (Wildman–Crippen MR) is 79.2 cm³/mol. The van der Waals surface area contributed by atoms with E-state index in [0.717, 1.165) is 18.7 Å². The molecule has 1 aliphatic rings. The summed E-state index contributed by atoms with van der Waals surface area (Å²) in [5.74, 6) is 0. The fourth-order valence-corrected chi connectivity index (χ4v) is 4.07. The van der Waals surface area contributed by atoms with Crippen molar-refractivity contribution in [3.05, 3.63) is 16.6 Å². The summed E-state index contributed by atoms with van der Waals surface area (Å²) in [7, 11) is 2.12. The van der Waals surface area contributed by atoms with Crippen molar-refractivity contribution in [2.75, 3.05) is 13.6 Å². The minimum Gasteiger partial charge on any atom is -0.368 e. The van der Waals surface area contributed by atoms with Gasteiger partial charge in [0.15, 0.2) is 0 Å². The predicted octanol–water partition coefficient (Wildman–Crippen LogP) is 2.25. The molecule has 1 aliphatic heterocycles. The van der Waals surface area contributed by atoms with Gasteiger partial charge in [-0.2, -0.15) is 0 Å². The van der Waals surface area contributed by atoms with E-state index in [1.54, 1.807) is 11.3 Å². The Bertz CT molecular complexity index is 430. The van der Waals surface area contributed by atoms with Crippen molar-refractivity contribution < 1.29 is 4.74 Å². The molecule has 2 N–H and O–H groups in total. The molecule has 1 aromatic rings. The van der Waals surface area contributed by atoms with Gasteiger partial charge in [-0.05, 0) is 41.2 Å². The zero-order valence-electron chi connectivity index (χ0n) is 12.6. The van der Waals surface area contributed by atoms with Crippen molar-refractivity contribution in [3.8, 4) is 0 Å². The molecule has 0 saturated carbocycles. The lowest BCUT2D eigenvalue weighted by Gasteiger charge is -2.45. The number of thiazole rings is 1. The minimum absolute atomic E-state index is 0.140. The first kappa shape index (κ1) is 14.9. The lowest BCUT2D eigenvalue weighted by atomic mass is 9.77. The third-order valence-electron chi connectivity index (χ3n) is 4.32. The van der Waals surface area contributed by atoms with E-state index >= 15 is 0 Å². The summed E-state index contributed by atoms with van der Waals surface area (Å²) in [6.07, 6.45) is 0.935. The monoisotopic (exact) mass is 283 g/mol. The van der Waals surface area contributed by atoms with Crippen LogP contribution in [0.3, 0.4) is 0 Å². The van der Waals surface area contributed by atoms with Crippen LogP contribution >= 0.6 is 11.3 Å². The van der Waals surface area contributed by atoms with Gasteiger partial charge in [0, 0.05) is 18.5 Å². The fourth-order valence-electron chi connectivity index (χ4n) is 3.52. The average molecular weight is 283 g/mol. The molecule has 1 atom stereocenters. The van der Waals surface area contributed by atoms with Crippen molar-refractivity contribution in [2.45, 2.75) is 57.4 Å². The summed E-state index contributed by atoms with van der Waals surface area (Å²) in [4.78, 5) is 6.69. The largest absolute Gasteiger partial charge is 0.368 e. The number of likely N-dealkylation sites (N-methyl/N-ethyl adjacent to an activating group) is 1. The topological polar surface area (TPSA) is 51.4 Å². The van der Waals surface area contributed by atoms with E-state index in [4.69, 9.17) is 10.5 Å². The Morgan fingerprint density at radius 2 is 2.11 bits per heavy atom. The first-order valence-electron chi connectivity index (χ1n) is 6.71. The van der Waals surface area contributed by atoms with Gasteiger partial charge in [-0.25, -0.2) is 4.98 Å². The van der Waals surface area contributed by atoms with Gasteiger partial charge in [0.1, 0.15) is 0 Å². The van der Waals surface area contributed by atoms with Crippen molar-refractivity contribution >= 4 is 11.3 Å². The van der Waals surface area contributed by atoms with Crippen molar-refractivity contribution in [1.82, 2.24) is 9.88 Å². The third kappa shape index (κ3) is 2.57. The molecule has 0 radical (unpaired) electrons. The van der Waals surface area contributed by atoms with E-state index in [9.17, 15) is 0 Å². The van der Waals surface area contributed by atoms with Crippen LogP contribution in [0.4, 0.5) is 0 Å². The molecule has 1 unspecified atom stereocenters. The Kier molecular flexibility index (Phi) is 3.77. The van der Waals surface area contributed by atoms with E-state index in [-0.39, 0.29) is 16.7 Å². The highest BCUT2D eigenvalue weighted by Gasteiger charge is 2.58. The smallest absolute Gasteiger partial charge is 0.0830 e. The Morgan fingerprint density at radius 1 is 1.42 bits per heavy atom. The van der Waals surface area contributed by atoms with Crippen LogP contribution in [-0.2, 0) is 11.3 Å². The molecule has 2 rings (SSSR count). The van der Waals surface area contributed by atoms with E-state index in [1.807, 2.05) is 5.51 Å². The number of nitrogens with zero attached hydrogens (tertiary/aromatic N) is 2. The Morgan fingerprint density at radius 3 is 2.53 bits per heavy atom. The molecule has 19 heavy (non-hydrogen) atoms. The van der Waals surface area contributed by atoms with Crippen LogP contribution in [0.15, 0.2) is 10.9 Å². The molecule has 0 spiro atoms. The van der Waals surface area contributed by atoms with Gasteiger partial charge in [0.05, 0.1) is 27.9 Å². The second-order valence-corrected chi connectivity index (χ2v) is 7.34. The second kappa shape index (κ2) is 4.81. The summed E-state index contributed by atoms with van der Waals surface area (Å²) in [6.45, 7) is 9.97. The first-order chi connectivity index (χ1) is 8.72. The van der Waals surface area contributed by atoms with Gasteiger partial charge in [-0.3, -0.25) is 4.90 Å². The normalized spacial score (nSPS) is 29.0. The van der Waals surface area contributed by atoms with Crippen molar-refractivity contribution in [3.63, 3.8) is 0 Å². The minimum atomic E-state index is -0.268. The van der Waals surface area contributed by atoms with Crippen LogP contribution in [0.5, 0.6) is 0 Å². The van der Waals surface area contributed by atoms with Crippen LogP contribution in [-0.4, -0.2) is 40.2 Å². The van der Waals surface area contributed by atoms with Gasteiger partial charge < -0.3 is 10.5 Å². The van der Waals surface area contributed by atoms with Gasteiger partial charge >= 0.3 is 0 Å². The first-order valence-corrected chi connectivity index (χ1v) is 7.65. The van der Waals surface area contributed by atoms with Crippen LogP contribution in [0.25, 0.3) is 0 Å². The molecule has 1 aromatic heterocycles. The summed E-state index contributed by atoms with van der Waals surface area (Å²) >= 11 is 1.63. The van der Waals surface area contributed by atoms with E-state index in [1.165, 1.54) is 0 Å². The van der Waals surface area contributed by atoms with Crippen LogP contribution in [0.1, 0.15) is 39.8 Å². The highest BCUT2D eigenvalue weighted by atomic mass is 32.1. The lowest BCUT2D eigenvalue weighted by molar-refractivity contribution is -0.101. The number of hydrogen-bond donors (Lipinski definition) is 1. The maximum absolute atomic E-state index is 6.24. The Balaban J connectivity index is 2.27. The van der Waals surface area contributed by atoms with E-state index in [0.29, 0.717) is 6.54 Å². The number of aromatic nitrogens is 1. The fraction of sp³-hybridized carbons (Fsp3) is 0.786. The second-order valence-electron chi connectivity index (χ2n) is 6.62. The number of nitrogens with two attached hydrogens (primary N) is 1. The van der Waals surface area contributed by atoms with Gasteiger partial charge in [0.25, 0.3) is 0 Å². The lowest BCUT2D eigenvalue weighted by Crippen LogP contribution is -2.61. The highest BCUT2D eigenvalue weighted by molar-refractivity contribution is 7.07. The molecule has 4 nitrogen and oxygen atoms in total. The standard InChI is InChI=1S/C14H25N3OS/c1-12(2)8-14(9-15,13(3,4)18-12)17(5)6-11-7-19-10-16-11/h7,10H,6,8-9,15H2,1-5H3. The van der Waals surface area contributed by atoms with Crippen LogP contribution < -0.4 is 5.73 Å². The van der Waals surface area contributed by atoms with Crippen LogP contribution in [0.2, 0.25) is 0 Å². The Labute approximate surface area is 120 Å². The SMILES string of the molecule is CN(Cc1cscn1)C1(CN)CC(C)(C)OC1(C)C. The molecule has 1 saturated heterocycles. The molecule has 0 bridgehead atoms. The van der Waals surface area contributed by atoms with Crippen molar-refractivity contribution in [1.29, 1.82) is 0 Å². The molecule has 108 valence electrons. The van der Waals surface area contributed by atoms with E-state index in [2.05, 4.69) is 50.0 Å². The molecule has 0 amide bonds. The zero-order valence-corrected chi connectivity index (χ0v) is 13.4. The van der Waals surface area contributed by atoms with Gasteiger partial charge in [-0.15, -0.1) is 11.3 Å². The van der Waals surface area contributed by atoms with Gasteiger partial charge in [0.2, 0.25) is 0 Å². The molecule has 5 heteroatoms. The average Bonchev–Trinajstić information content (AvgIpc) is 2.82.